The molecule has 1 aliphatic carbocycles. The Morgan fingerprint density at radius 2 is 2.24 bits per heavy atom. The van der Waals surface area contributed by atoms with Crippen LogP contribution in [-0.2, 0) is 4.79 Å². The molecular weight excluding hydrogens is 300 g/mol. The quantitative estimate of drug-likeness (QED) is 0.844. The fourth-order valence-electron chi connectivity index (χ4n) is 1.75. The number of nitrogens with two attached hydrogens (primary N) is 1. The smallest absolute Gasteiger partial charge is 0.227 e. The van der Waals surface area contributed by atoms with Crippen LogP contribution in [0.5, 0.6) is 0 Å². The summed E-state index contributed by atoms with van der Waals surface area (Å²) in [5.74, 6) is 0.664. The highest BCUT2D eigenvalue weighted by atomic mass is 79.9. The maximum atomic E-state index is 11.9. The second kappa shape index (κ2) is 4.74. The van der Waals surface area contributed by atoms with Gasteiger partial charge >= 0.3 is 0 Å². The first-order chi connectivity index (χ1) is 7.99. The molecule has 1 fully saturated rings. The van der Waals surface area contributed by atoms with Gasteiger partial charge in [-0.1, -0.05) is 35.1 Å². The van der Waals surface area contributed by atoms with Crippen molar-refractivity contribution in [3.8, 4) is 0 Å². The van der Waals surface area contributed by atoms with E-state index in [0.717, 1.165) is 10.9 Å². The third-order valence-corrected chi connectivity index (χ3v) is 3.66. The Kier molecular flexibility index (Phi) is 3.49. The number of carbonyl (C=O) groups is 1. The molecule has 3 N–H and O–H groups in total. The SMILES string of the molecule is CC1CC1C(=O)Nc1cc(Br)ccc1C(N)=S. The number of hydrogen-bond donors (Lipinski definition) is 2. The van der Waals surface area contributed by atoms with Crippen molar-refractivity contribution in [2.24, 2.45) is 17.6 Å². The highest BCUT2D eigenvalue weighted by Gasteiger charge is 2.39. The molecule has 5 heteroatoms. The first kappa shape index (κ1) is 12.5. The fourth-order valence-corrected chi connectivity index (χ4v) is 2.29. The van der Waals surface area contributed by atoms with Crippen LogP contribution in [0.1, 0.15) is 18.9 Å². The number of carbonyl (C=O) groups excluding carboxylic acids is 1. The largest absolute Gasteiger partial charge is 0.389 e. The Hall–Kier alpha value is -0.940. The molecule has 1 aliphatic rings. The van der Waals surface area contributed by atoms with Gasteiger partial charge in [-0.2, -0.15) is 0 Å². The van der Waals surface area contributed by atoms with E-state index in [2.05, 4.69) is 28.2 Å². The maximum absolute atomic E-state index is 11.9. The topological polar surface area (TPSA) is 55.1 Å². The van der Waals surface area contributed by atoms with Crippen LogP contribution in [0.2, 0.25) is 0 Å². The highest BCUT2D eigenvalue weighted by molar-refractivity contribution is 9.10. The number of amides is 1. The summed E-state index contributed by atoms with van der Waals surface area (Å²) >= 11 is 8.33. The number of thiocarbonyl (C=S) groups is 1. The van der Waals surface area contributed by atoms with Gasteiger partial charge in [-0.15, -0.1) is 0 Å². The highest BCUT2D eigenvalue weighted by Crippen LogP contribution is 2.38. The molecule has 90 valence electrons. The molecule has 0 radical (unpaired) electrons. The molecule has 1 amide bonds. The summed E-state index contributed by atoms with van der Waals surface area (Å²) in [6.07, 6.45) is 0.961. The van der Waals surface area contributed by atoms with E-state index in [4.69, 9.17) is 18.0 Å². The van der Waals surface area contributed by atoms with Crippen molar-refractivity contribution >= 4 is 44.7 Å². The minimum atomic E-state index is 0.0492. The van der Waals surface area contributed by atoms with E-state index in [1.54, 1.807) is 6.07 Å². The van der Waals surface area contributed by atoms with E-state index >= 15 is 0 Å². The second-order valence-electron chi connectivity index (χ2n) is 4.36. The number of benzene rings is 1. The lowest BCUT2D eigenvalue weighted by Gasteiger charge is -2.10. The Morgan fingerprint density at radius 1 is 1.59 bits per heavy atom. The number of hydrogen-bond acceptors (Lipinski definition) is 2. The van der Waals surface area contributed by atoms with Crippen molar-refractivity contribution in [2.45, 2.75) is 13.3 Å². The average molecular weight is 313 g/mol. The molecular formula is C12H13BrN2OS. The predicted octanol–water partition coefficient (Wildman–Crippen LogP) is 2.68. The summed E-state index contributed by atoms with van der Waals surface area (Å²) in [4.78, 5) is 12.1. The lowest BCUT2D eigenvalue weighted by molar-refractivity contribution is -0.117. The number of halogens is 1. The summed E-state index contributed by atoms with van der Waals surface area (Å²) in [6, 6.07) is 5.47. The maximum Gasteiger partial charge on any atom is 0.227 e. The summed E-state index contributed by atoms with van der Waals surface area (Å²) in [7, 11) is 0. The van der Waals surface area contributed by atoms with Crippen molar-refractivity contribution in [3.63, 3.8) is 0 Å². The number of anilines is 1. The summed E-state index contributed by atoms with van der Waals surface area (Å²) in [5.41, 5.74) is 7.00. The normalized spacial score (nSPS) is 22.0. The van der Waals surface area contributed by atoms with Crippen LogP contribution < -0.4 is 11.1 Å². The molecule has 3 nitrogen and oxygen atoms in total. The molecule has 0 aliphatic heterocycles. The molecule has 0 heterocycles. The minimum Gasteiger partial charge on any atom is -0.389 e. The first-order valence-corrected chi connectivity index (χ1v) is 6.59. The Balaban J connectivity index is 2.21. The van der Waals surface area contributed by atoms with Gasteiger partial charge in [-0.25, -0.2) is 0 Å². The lowest BCUT2D eigenvalue weighted by Crippen LogP contribution is -2.19. The second-order valence-corrected chi connectivity index (χ2v) is 5.72. The monoisotopic (exact) mass is 312 g/mol. The number of nitrogens with one attached hydrogen (secondary N) is 1. The molecule has 1 aromatic rings. The standard InChI is InChI=1S/C12H13BrN2OS/c1-6-4-9(6)12(16)15-10-5-7(13)2-3-8(10)11(14)17/h2-3,5-6,9H,4H2,1H3,(H2,14,17)(H,15,16). The van der Waals surface area contributed by atoms with Crippen LogP contribution >= 0.6 is 28.1 Å². The van der Waals surface area contributed by atoms with Gasteiger partial charge < -0.3 is 11.1 Å². The van der Waals surface area contributed by atoms with E-state index in [9.17, 15) is 4.79 Å². The first-order valence-electron chi connectivity index (χ1n) is 5.39. The number of rotatable bonds is 3. The van der Waals surface area contributed by atoms with Crippen LogP contribution in [0.4, 0.5) is 5.69 Å². The van der Waals surface area contributed by atoms with E-state index in [-0.39, 0.29) is 16.8 Å². The van der Waals surface area contributed by atoms with Gasteiger partial charge in [0, 0.05) is 16.0 Å². The lowest BCUT2D eigenvalue weighted by atomic mass is 10.1. The van der Waals surface area contributed by atoms with Crippen molar-refractivity contribution in [1.82, 2.24) is 0 Å². The van der Waals surface area contributed by atoms with Crippen LogP contribution in [-0.4, -0.2) is 10.9 Å². The molecule has 0 saturated heterocycles. The third kappa shape index (κ3) is 2.84. The van der Waals surface area contributed by atoms with Crippen molar-refractivity contribution in [3.05, 3.63) is 28.2 Å². The Bertz CT molecular complexity index is 489. The molecule has 1 saturated carbocycles. The van der Waals surface area contributed by atoms with Gasteiger partial charge in [0.2, 0.25) is 5.91 Å². The molecule has 2 atom stereocenters. The summed E-state index contributed by atoms with van der Waals surface area (Å²) < 4.78 is 0.886. The van der Waals surface area contributed by atoms with Crippen LogP contribution in [0.3, 0.4) is 0 Å². The van der Waals surface area contributed by atoms with Crippen LogP contribution in [0.15, 0.2) is 22.7 Å². The van der Waals surface area contributed by atoms with Crippen molar-refractivity contribution in [2.75, 3.05) is 5.32 Å². The Morgan fingerprint density at radius 3 is 2.76 bits per heavy atom. The average Bonchev–Trinajstić information content (AvgIpc) is 2.95. The zero-order chi connectivity index (χ0) is 12.6. The summed E-state index contributed by atoms with van der Waals surface area (Å²) in [6.45, 7) is 2.07. The third-order valence-electron chi connectivity index (χ3n) is 2.95. The zero-order valence-electron chi connectivity index (χ0n) is 9.37. The van der Waals surface area contributed by atoms with Gasteiger partial charge in [-0.3, -0.25) is 4.79 Å². The van der Waals surface area contributed by atoms with Crippen molar-refractivity contribution < 1.29 is 4.79 Å². The van der Waals surface area contributed by atoms with E-state index in [1.165, 1.54) is 0 Å². The molecule has 2 rings (SSSR count). The molecule has 0 bridgehead atoms. The molecule has 2 unspecified atom stereocenters. The van der Waals surface area contributed by atoms with E-state index < -0.39 is 0 Å². The Labute approximate surface area is 114 Å². The molecule has 0 aromatic heterocycles. The van der Waals surface area contributed by atoms with Gasteiger partial charge in [0.1, 0.15) is 4.99 Å². The van der Waals surface area contributed by atoms with Gasteiger partial charge in [0.15, 0.2) is 0 Å². The fraction of sp³-hybridized carbons (Fsp3) is 0.333. The summed E-state index contributed by atoms with van der Waals surface area (Å²) in [5, 5.41) is 2.89. The van der Waals surface area contributed by atoms with Crippen LogP contribution in [0, 0.1) is 11.8 Å². The zero-order valence-corrected chi connectivity index (χ0v) is 11.8. The van der Waals surface area contributed by atoms with Crippen LogP contribution in [0.25, 0.3) is 0 Å². The molecule has 0 spiro atoms. The van der Waals surface area contributed by atoms with Gasteiger partial charge in [-0.05, 0) is 30.5 Å². The minimum absolute atomic E-state index is 0.0492. The molecule has 1 aromatic carbocycles. The van der Waals surface area contributed by atoms with Crippen molar-refractivity contribution in [1.29, 1.82) is 0 Å². The van der Waals surface area contributed by atoms with Gasteiger partial charge in [0.05, 0.1) is 5.69 Å². The van der Waals surface area contributed by atoms with Gasteiger partial charge in [0.25, 0.3) is 0 Å². The molecule has 17 heavy (non-hydrogen) atoms. The van der Waals surface area contributed by atoms with E-state index in [1.807, 2.05) is 12.1 Å². The predicted molar refractivity (Wildman–Crippen MR) is 75.9 cm³/mol. The van der Waals surface area contributed by atoms with E-state index in [0.29, 0.717) is 17.2 Å².